The van der Waals surface area contributed by atoms with Crippen LogP contribution in [-0.2, 0) is 16.4 Å². The zero-order valence-electron chi connectivity index (χ0n) is 20.6. The van der Waals surface area contributed by atoms with E-state index in [-0.39, 0.29) is 11.9 Å². The van der Waals surface area contributed by atoms with Gasteiger partial charge in [-0.25, -0.2) is 4.39 Å². The topological polar surface area (TPSA) is 40.5 Å². The Hall–Kier alpha value is -3.19. The number of alkyl halides is 3. The maximum Gasteiger partial charge on any atom is 0.416 e. The Morgan fingerprint density at radius 3 is 2.14 bits per heavy atom. The van der Waals surface area contributed by atoms with Gasteiger partial charge in [0, 0.05) is 0 Å². The molecule has 3 aromatic carbocycles. The summed E-state index contributed by atoms with van der Waals surface area (Å²) in [5.74, 6) is -0.642. The molecule has 1 aliphatic heterocycles. The van der Waals surface area contributed by atoms with E-state index in [2.05, 4.69) is 11.8 Å². The molecule has 7 heteroatoms. The molecule has 5 rings (SSSR count). The first-order valence-corrected chi connectivity index (χ1v) is 12.6. The number of likely N-dealkylation sites (tertiary alicyclic amines) is 1. The SMILES string of the molecule is CC1CCN(C(c2ccc(F)cc2)c2ccc(C3(C(=O)O)CC3)cc2-c2ccc(C(F)(F)F)cc2)CC1. The Kier molecular flexibility index (Phi) is 6.61. The Balaban J connectivity index is 1.67. The standard InChI is InChI=1S/C30H29F4NO2/c1-19-12-16-35(17-13-19)27(21-4-9-24(31)10-5-21)25-11-8-23(29(14-15-29)28(36)37)18-26(25)20-2-6-22(7-3-20)30(32,33)34/h2-11,18-19,27H,12-17H2,1H3,(H,36,37). The van der Waals surface area contributed by atoms with Crippen LogP contribution >= 0.6 is 0 Å². The minimum atomic E-state index is -4.45. The summed E-state index contributed by atoms with van der Waals surface area (Å²) in [5, 5.41) is 9.89. The highest BCUT2D eigenvalue weighted by Crippen LogP contribution is 2.50. The Morgan fingerprint density at radius 1 is 0.973 bits per heavy atom. The van der Waals surface area contributed by atoms with Crippen molar-refractivity contribution in [3.05, 3.63) is 94.8 Å². The number of benzene rings is 3. The zero-order chi connectivity index (χ0) is 26.4. The van der Waals surface area contributed by atoms with Crippen molar-refractivity contribution in [2.24, 2.45) is 5.92 Å². The van der Waals surface area contributed by atoms with Crippen LogP contribution in [0.1, 0.15) is 60.9 Å². The Morgan fingerprint density at radius 2 is 1.59 bits per heavy atom. The van der Waals surface area contributed by atoms with Gasteiger partial charge in [0.15, 0.2) is 0 Å². The second-order valence-corrected chi connectivity index (χ2v) is 10.4. The van der Waals surface area contributed by atoms with Crippen molar-refractivity contribution in [3.63, 3.8) is 0 Å². The smallest absolute Gasteiger partial charge is 0.416 e. The van der Waals surface area contributed by atoms with Crippen LogP contribution in [0.5, 0.6) is 0 Å². The van der Waals surface area contributed by atoms with E-state index >= 15 is 0 Å². The summed E-state index contributed by atoms with van der Waals surface area (Å²) in [6.45, 7) is 3.88. The number of carboxylic acid groups (broad SMARTS) is 1. The van der Waals surface area contributed by atoms with Crippen molar-refractivity contribution in [2.75, 3.05) is 13.1 Å². The molecule has 3 aromatic rings. The average Bonchev–Trinajstić information content (AvgIpc) is 3.69. The van der Waals surface area contributed by atoms with Gasteiger partial charge in [-0.2, -0.15) is 13.2 Å². The van der Waals surface area contributed by atoms with E-state index in [0.717, 1.165) is 49.2 Å². The van der Waals surface area contributed by atoms with Gasteiger partial charge in [-0.3, -0.25) is 9.69 Å². The van der Waals surface area contributed by atoms with Crippen molar-refractivity contribution in [3.8, 4) is 11.1 Å². The van der Waals surface area contributed by atoms with Crippen LogP contribution in [0, 0.1) is 11.7 Å². The van der Waals surface area contributed by atoms with Gasteiger partial charge in [0.25, 0.3) is 0 Å². The van der Waals surface area contributed by atoms with E-state index in [0.29, 0.717) is 35.4 Å². The van der Waals surface area contributed by atoms with Gasteiger partial charge >= 0.3 is 12.1 Å². The van der Waals surface area contributed by atoms with E-state index in [1.807, 2.05) is 18.2 Å². The number of rotatable bonds is 6. The van der Waals surface area contributed by atoms with Gasteiger partial charge in [0.1, 0.15) is 5.82 Å². The molecule has 194 valence electrons. The molecular formula is C30H29F4NO2. The van der Waals surface area contributed by atoms with Crippen LogP contribution in [0.3, 0.4) is 0 Å². The van der Waals surface area contributed by atoms with Crippen molar-refractivity contribution >= 4 is 5.97 Å². The van der Waals surface area contributed by atoms with E-state index in [1.54, 1.807) is 12.1 Å². The molecule has 1 saturated heterocycles. The van der Waals surface area contributed by atoms with Crippen molar-refractivity contribution in [1.82, 2.24) is 4.90 Å². The minimum absolute atomic E-state index is 0.251. The number of nitrogens with zero attached hydrogens (tertiary/aromatic N) is 1. The molecule has 1 unspecified atom stereocenters. The van der Waals surface area contributed by atoms with Crippen LogP contribution < -0.4 is 0 Å². The first-order valence-electron chi connectivity index (χ1n) is 12.6. The van der Waals surface area contributed by atoms with Gasteiger partial charge in [-0.15, -0.1) is 0 Å². The molecule has 1 saturated carbocycles. The van der Waals surface area contributed by atoms with Crippen LogP contribution in [0.25, 0.3) is 11.1 Å². The number of carboxylic acids is 1. The van der Waals surface area contributed by atoms with Gasteiger partial charge in [-0.1, -0.05) is 43.3 Å². The fourth-order valence-electron chi connectivity index (χ4n) is 5.45. The third-order valence-corrected chi connectivity index (χ3v) is 7.95. The van der Waals surface area contributed by atoms with E-state index < -0.39 is 23.1 Å². The van der Waals surface area contributed by atoms with Crippen LogP contribution in [0.2, 0.25) is 0 Å². The molecule has 2 aliphatic rings. The monoisotopic (exact) mass is 511 g/mol. The summed E-state index contributed by atoms with van der Waals surface area (Å²) in [7, 11) is 0. The summed E-state index contributed by atoms with van der Waals surface area (Å²) in [5.41, 5.74) is 2.00. The van der Waals surface area contributed by atoms with Crippen LogP contribution in [0.4, 0.5) is 17.6 Å². The molecule has 0 amide bonds. The summed E-state index contributed by atoms with van der Waals surface area (Å²) in [6.07, 6.45) is -1.38. The quantitative estimate of drug-likeness (QED) is 0.350. The molecule has 2 fully saturated rings. The largest absolute Gasteiger partial charge is 0.481 e. The molecule has 0 bridgehead atoms. The fraction of sp³-hybridized carbons (Fsp3) is 0.367. The van der Waals surface area contributed by atoms with Crippen LogP contribution in [0.15, 0.2) is 66.7 Å². The minimum Gasteiger partial charge on any atom is -0.481 e. The molecule has 37 heavy (non-hydrogen) atoms. The highest BCUT2D eigenvalue weighted by atomic mass is 19.4. The first kappa shape index (κ1) is 25.5. The van der Waals surface area contributed by atoms with Crippen molar-refractivity contribution < 1.29 is 27.5 Å². The molecule has 1 heterocycles. The fourth-order valence-corrected chi connectivity index (χ4v) is 5.45. The number of aliphatic carboxylic acids is 1. The molecule has 1 aliphatic carbocycles. The normalized spacial score (nSPS) is 18.9. The predicted octanol–water partition coefficient (Wildman–Crippen LogP) is 7.45. The summed E-state index contributed by atoms with van der Waals surface area (Å²) < 4.78 is 53.6. The van der Waals surface area contributed by atoms with E-state index in [4.69, 9.17) is 0 Å². The van der Waals surface area contributed by atoms with Crippen molar-refractivity contribution in [1.29, 1.82) is 0 Å². The maximum absolute atomic E-state index is 13.8. The van der Waals surface area contributed by atoms with Gasteiger partial charge < -0.3 is 5.11 Å². The first-order chi connectivity index (χ1) is 17.6. The molecular weight excluding hydrogens is 482 g/mol. The summed E-state index contributed by atoms with van der Waals surface area (Å²) >= 11 is 0. The van der Waals surface area contributed by atoms with E-state index in [1.165, 1.54) is 24.3 Å². The Labute approximate surface area is 213 Å². The second kappa shape index (κ2) is 9.60. The van der Waals surface area contributed by atoms with Gasteiger partial charge in [0.05, 0.1) is 17.0 Å². The number of piperidine rings is 1. The number of halogens is 4. The third kappa shape index (κ3) is 5.01. The van der Waals surface area contributed by atoms with Crippen molar-refractivity contribution in [2.45, 2.75) is 50.2 Å². The summed E-state index contributed by atoms with van der Waals surface area (Å²) in [4.78, 5) is 14.4. The van der Waals surface area contributed by atoms with Gasteiger partial charge in [-0.05, 0) is 103 Å². The second-order valence-electron chi connectivity index (χ2n) is 10.4. The third-order valence-electron chi connectivity index (χ3n) is 7.95. The lowest BCUT2D eigenvalue weighted by Gasteiger charge is -2.38. The molecule has 1 atom stereocenters. The molecule has 0 radical (unpaired) electrons. The summed E-state index contributed by atoms with van der Waals surface area (Å²) in [6, 6.07) is 16.7. The lowest BCUT2D eigenvalue weighted by molar-refractivity contribution is -0.140. The lowest BCUT2D eigenvalue weighted by Crippen LogP contribution is -2.37. The highest BCUT2D eigenvalue weighted by Gasteiger charge is 2.52. The lowest BCUT2D eigenvalue weighted by atomic mass is 9.84. The van der Waals surface area contributed by atoms with E-state index in [9.17, 15) is 27.5 Å². The number of carbonyl (C=O) groups is 1. The molecule has 0 aromatic heterocycles. The number of hydrogen-bond acceptors (Lipinski definition) is 2. The average molecular weight is 512 g/mol. The maximum atomic E-state index is 13.8. The predicted molar refractivity (Wildman–Crippen MR) is 134 cm³/mol. The van der Waals surface area contributed by atoms with Gasteiger partial charge in [0.2, 0.25) is 0 Å². The number of hydrogen-bond donors (Lipinski definition) is 1. The van der Waals surface area contributed by atoms with Crippen LogP contribution in [-0.4, -0.2) is 29.1 Å². The molecule has 1 N–H and O–H groups in total. The molecule has 3 nitrogen and oxygen atoms in total. The Bertz CT molecular complexity index is 1270. The highest BCUT2D eigenvalue weighted by molar-refractivity contribution is 5.86. The zero-order valence-corrected chi connectivity index (χ0v) is 20.6. The molecule has 0 spiro atoms.